The molecule has 1 fully saturated rings. The fourth-order valence-electron chi connectivity index (χ4n) is 2.84. The lowest BCUT2D eigenvalue weighted by molar-refractivity contribution is -0.149. The fourth-order valence-corrected chi connectivity index (χ4v) is 2.84. The lowest BCUT2D eigenvalue weighted by Gasteiger charge is -2.16. The average molecular weight is 323 g/mol. The van der Waals surface area contributed by atoms with Crippen molar-refractivity contribution in [3.05, 3.63) is 71.3 Å². The number of carbonyl (C=O) groups excluding carboxylic acids is 2. The van der Waals surface area contributed by atoms with E-state index in [4.69, 9.17) is 4.74 Å². The van der Waals surface area contributed by atoms with Crippen molar-refractivity contribution in [3.8, 4) is 0 Å². The van der Waals surface area contributed by atoms with E-state index in [0.717, 1.165) is 11.1 Å². The molecule has 124 valence electrons. The van der Waals surface area contributed by atoms with Crippen LogP contribution in [0.15, 0.2) is 54.6 Å². The molecule has 0 spiro atoms. The summed E-state index contributed by atoms with van der Waals surface area (Å²) in [6.07, 6.45) is 0.236. The monoisotopic (exact) mass is 323 g/mol. The maximum atomic E-state index is 12.2. The van der Waals surface area contributed by atoms with Crippen molar-refractivity contribution in [2.75, 3.05) is 6.54 Å². The highest BCUT2D eigenvalue weighted by Gasteiger charge is 2.35. The molecule has 0 aromatic heterocycles. The maximum Gasteiger partial charge on any atom is 0.311 e. The van der Waals surface area contributed by atoms with E-state index in [2.05, 4.69) is 0 Å². The number of hydrogen-bond donors (Lipinski definition) is 0. The summed E-state index contributed by atoms with van der Waals surface area (Å²) in [7, 11) is 0. The Bertz CT molecular complexity index is 709. The van der Waals surface area contributed by atoms with Gasteiger partial charge in [-0.3, -0.25) is 9.59 Å². The van der Waals surface area contributed by atoms with Gasteiger partial charge in [0.05, 0.1) is 5.92 Å². The topological polar surface area (TPSA) is 46.6 Å². The molecule has 1 saturated heterocycles. The Hall–Kier alpha value is -2.62. The van der Waals surface area contributed by atoms with Crippen LogP contribution < -0.4 is 0 Å². The van der Waals surface area contributed by atoms with Gasteiger partial charge in [0.1, 0.15) is 6.61 Å². The number of esters is 1. The quantitative estimate of drug-likeness (QED) is 0.795. The van der Waals surface area contributed by atoms with E-state index in [0.29, 0.717) is 13.1 Å². The number of benzene rings is 2. The molecule has 4 heteroatoms. The molecule has 2 aromatic carbocycles. The van der Waals surface area contributed by atoms with Crippen LogP contribution in [0.4, 0.5) is 0 Å². The molecule has 2 aromatic rings. The van der Waals surface area contributed by atoms with Crippen LogP contribution in [0.1, 0.15) is 23.1 Å². The molecule has 0 aliphatic carbocycles. The summed E-state index contributed by atoms with van der Waals surface area (Å²) < 4.78 is 5.38. The number of rotatable bonds is 5. The molecule has 0 saturated carbocycles. The Morgan fingerprint density at radius 3 is 2.50 bits per heavy atom. The third kappa shape index (κ3) is 4.02. The average Bonchev–Trinajstić information content (AvgIpc) is 2.96. The van der Waals surface area contributed by atoms with Crippen molar-refractivity contribution in [3.63, 3.8) is 0 Å². The number of amides is 1. The summed E-state index contributed by atoms with van der Waals surface area (Å²) in [5.41, 5.74) is 3.20. The van der Waals surface area contributed by atoms with Crippen LogP contribution in [-0.4, -0.2) is 23.3 Å². The Labute approximate surface area is 142 Å². The van der Waals surface area contributed by atoms with E-state index in [1.165, 1.54) is 5.56 Å². The summed E-state index contributed by atoms with van der Waals surface area (Å²) in [4.78, 5) is 26.1. The highest BCUT2D eigenvalue weighted by molar-refractivity contribution is 5.86. The van der Waals surface area contributed by atoms with Crippen LogP contribution in [0, 0.1) is 12.8 Å². The van der Waals surface area contributed by atoms with Gasteiger partial charge < -0.3 is 9.64 Å². The third-order valence-corrected chi connectivity index (χ3v) is 4.27. The fraction of sp³-hybridized carbons (Fsp3) is 0.300. The summed E-state index contributed by atoms with van der Waals surface area (Å²) in [6, 6.07) is 17.7. The molecule has 0 unspecified atom stereocenters. The lowest BCUT2D eigenvalue weighted by atomic mass is 10.1. The molecule has 3 rings (SSSR count). The van der Waals surface area contributed by atoms with Crippen LogP contribution in [0.25, 0.3) is 0 Å². The van der Waals surface area contributed by atoms with Crippen molar-refractivity contribution in [2.24, 2.45) is 5.92 Å². The van der Waals surface area contributed by atoms with Crippen molar-refractivity contribution in [2.45, 2.75) is 26.5 Å². The Morgan fingerprint density at radius 1 is 1.08 bits per heavy atom. The van der Waals surface area contributed by atoms with Crippen molar-refractivity contribution < 1.29 is 14.3 Å². The second kappa shape index (κ2) is 7.30. The summed E-state index contributed by atoms with van der Waals surface area (Å²) >= 11 is 0. The van der Waals surface area contributed by atoms with Gasteiger partial charge in [-0.25, -0.2) is 0 Å². The molecule has 0 radical (unpaired) electrons. The van der Waals surface area contributed by atoms with Crippen molar-refractivity contribution in [1.82, 2.24) is 4.90 Å². The van der Waals surface area contributed by atoms with Gasteiger partial charge in [-0.05, 0) is 18.1 Å². The lowest BCUT2D eigenvalue weighted by Crippen LogP contribution is -2.26. The van der Waals surface area contributed by atoms with Gasteiger partial charge in [-0.2, -0.15) is 0 Å². The first-order valence-corrected chi connectivity index (χ1v) is 8.15. The second-order valence-corrected chi connectivity index (χ2v) is 6.25. The second-order valence-electron chi connectivity index (χ2n) is 6.25. The van der Waals surface area contributed by atoms with E-state index < -0.39 is 0 Å². The van der Waals surface area contributed by atoms with Crippen LogP contribution in [0.3, 0.4) is 0 Å². The van der Waals surface area contributed by atoms with Crippen LogP contribution in [-0.2, 0) is 27.5 Å². The van der Waals surface area contributed by atoms with E-state index >= 15 is 0 Å². The number of hydrogen-bond acceptors (Lipinski definition) is 3. The summed E-state index contributed by atoms with van der Waals surface area (Å²) in [5.74, 6) is -0.651. The molecule has 24 heavy (non-hydrogen) atoms. The van der Waals surface area contributed by atoms with E-state index in [1.54, 1.807) is 4.90 Å². The van der Waals surface area contributed by atoms with Crippen LogP contribution in [0.5, 0.6) is 0 Å². The largest absolute Gasteiger partial charge is 0.461 e. The van der Waals surface area contributed by atoms with Gasteiger partial charge in [0, 0.05) is 19.5 Å². The standard InChI is InChI=1S/C20H21NO3/c1-15-7-9-17(10-8-15)14-24-20(23)18-11-19(22)21(13-18)12-16-5-3-2-4-6-16/h2-10,18H,11-14H2,1H3/t18-/m1/s1. The zero-order valence-corrected chi connectivity index (χ0v) is 13.8. The molecule has 0 bridgehead atoms. The summed E-state index contributed by atoms with van der Waals surface area (Å²) in [6.45, 7) is 3.24. The molecule has 1 amide bonds. The number of aryl methyl sites for hydroxylation is 1. The van der Waals surface area contributed by atoms with Gasteiger partial charge >= 0.3 is 5.97 Å². The minimum atomic E-state index is -0.369. The Kier molecular flexibility index (Phi) is 4.94. The zero-order valence-electron chi connectivity index (χ0n) is 13.8. The number of carbonyl (C=O) groups is 2. The minimum Gasteiger partial charge on any atom is -0.461 e. The van der Waals surface area contributed by atoms with Crippen molar-refractivity contribution >= 4 is 11.9 Å². The predicted octanol–water partition coefficient (Wildman–Crippen LogP) is 3.09. The van der Waals surface area contributed by atoms with Crippen molar-refractivity contribution in [1.29, 1.82) is 0 Å². The molecular weight excluding hydrogens is 302 g/mol. The normalized spacial score (nSPS) is 17.1. The third-order valence-electron chi connectivity index (χ3n) is 4.27. The molecule has 4 nitrogen and oxygen atoms in total. The van der Waals surface area contributed by atoms with Gasteiger partial charge in [0.25, 0.3) is 0 Å². The van der Waals surface area contributed by atoms with Crippen LogP contribution >= 0.6 is 0 Å². The number of nitrogens with zero attached hydrogens (tertiary/aromatic N) is 1. The Morgan fingerprint density at radius 2 is 1.79 bits per heavy atom. The van der Waals surface area contributed by atoms with E-state index in [-0.39, 0.29) is 30.8 Å². The number of ether oxygens (including phenoxy) is 1. The highest BCUT2D eigenvalue weighted by Crippen LogP contribution is 2.22. The zero-order chi connectivity index (χ0) is 16.9. The number of likely N-dealkylation sites (tertiary alicyclic amines) is 1. The van der Waals surface area contributed by atoms with E-state index in [1.807, 2.05) is 61.5 Å². The predicted molar refractivity (Wildman–Crippen MR) is 90.9 cm³/mol. The summed E-state index contributed by atoms with van der Waals surface area (Å²) in [5, 5.41) is 0. The van der Waals surface area contributed by atoms with Gasteiger partial charge in [-0.15, -0.1) is 0 Å². The molecular formula is C20H21NO3. The first-order valence-electron chi connectivity index (χ1n) is 8.15. The first kappa shape index (κ1) is 16.2. The molecule has 1 heterocycles. The first-order chi connectivity index (χ1) is 11.6. The van der Waals surface area contributed by atoms with Crippen LogP contribution in [0.2, 0.25) is 0 Å². The molecule has 1 atom stereocenters. The minimum absolute atomic E-state index is 0.0103. The van der Waals surface area contributed by atoms with E-state index in [9.17, 15) is 9.59 Å². The van der Waals surface area contributed by atoms with Gasteiger partial charge in [-0.1, -0.05) is 60.2 Å². The Balaban J connectivity index is 1.53. The maximum absolute atomic E-state index is 12.2. The van der Waals surface area contributed by atoms with Gasteiger partial charge in [0.15, 0.2) is 0 Å². The molecule has 0 N–H and O–H groups in total. The van der Waals surface area contributed by atoms with Gasteiger partial charge in [0.2, 0.25) is 5.91 Å². The molecule has 1 aliphatic rings. The highest BCUT2D eigenvalue weighted by atomic mass is 16.5. The molecule has 1 aliphatic heterocycles. The smallest absolute Gasteiger partial charge is 0.311 e. The SMILES string of the molecule is Cc1ccc(COC(=O)[C@@H]2CC(=O)N(Cc3ccccc3)C2)cc1.